The average Bonchev–Trinajstić information content (AvgIpc) is 3.28. The van der Waals surface area contributed by atoms with Gasteiger partial charge in [0, 0.05) is 17.6 Å². The molecule has 4 heteroatoms. The molecular weight excluding hydrogens is 252 g/mol. The molecular formula is C16H18N2O2. The summed E-state index contributed by atoms with van der Waals surface area (Å²) in [4.78, 5) is 16.4. The summed E-state index contributed by atoms with van der Waals surface area (Å²) in [5, 5.41) is 4.40. The molecule has 2 aromatic rings. The number of nitrogens with zero attached hydrogens (tertiary/aromatic N) is 1. The molecule has 104 valence electrons. The van der Waals surface area contributed by atoms with Crippen molar-refractivity contribution in [2.45, 2.75) is 31.8 Å². The van der Waals surface area contributed by atoms with Gasteiger partial charge in [-0.15, -0.1) is 0 Å². The van der Waals surface area contributed by atoms with Gasteiger partial charge in [-0.1, -0.05) is 12.1 Å². The van der Waals surface area contributed by atoms with Crippen molar-refractivity contribution in [1.29, 1.82) is 0 Å². The van der Waals surface area contributed by atoms with Crippen LogP contribution in [0.2, 0.25) is 0 Å². The van der Waals surface area contributed by atoms with E-state index in [2.05, 4.69) is 10.3 Å². The Bertz CT molecular complexity index is 623. The molecule has 1 unspecified atom stereocenters. The third-order valence-corrected chi connectivity index (χ3v) is 3.46. The van der Waals surface area contributed by atoms with E-state index in [9.17, 15) is 4.79 Å². The monoisotopic (exact) mass is 270 g/mol. The molecule has 4 nitrogen and oxygen atoms in total. The summed E-state index contributed by atoms with van der Waals surface area (Å²) >= 11 is 0. The molecule has 3 rings (SSSR count). The van der Waals surface area contributed by atoms with Gasteiger partial charge in [0.15, 0.2) is 0 Å². The van der Waals surface area contributed by atoms with Crippen molar-refractivity contribution in [2.75, 3.05) is 6.61 Å². The number of carbonyl (C=O) groups is 1. The lowest BCUT2D eigenvalue weighted by atomic mass is 10.0. The quantitative estimate of drug-likeness (QED) is 0.848. The predicted octanol–water partition coefficient (Wildman–Crippen LogP) is 2.59. The minimum Gasteiger partial charge on any atom is -0.465 e. The van der Waals surface area contributed by atoms with E-state index >= 15 is 0 Å². The van der Waals surface area contributed by atoms with E-state index in [1.54, 1.807) is 6.20 Å². The van der Waals surface area contributed by atoms with Crippen molar-refractivity contribution in [1.82, 2.24) is 10.3 Å². The summed E-state index contributed by atoms with van der Waals surface area (Å²) in [6.07, 6.45) is 4.03. The topological polar surface area (TPSA) is 51.2 Å². The van der Waals surface area contributed by atoms with Gasteiger partial charge in [-0.05, 0) is 43.5 Å². The molecule has 20 heavy (non-hydrogen) atoms. The maximum absolute atomic E-state index is 12.1. The first-order chi connectivity index (χ1) is 9.78. The summed E-state index contributed by atoms with van der Waals surface area (Å²) in [6, 6.07) is 9.88. The van der Waals surface area contributed by atoms with E-state index in [1.165, 1.54) is 0 Å². The normalized spacial score (nSPS) is 16.1. The van der Waals surface area contributed by atoms with Gasteiger partial charge in [-0.25, -0.2) is 4.79 Å². The zero-order valence-corrected chi connectivity index (χ0v) is 11.5. The third kappa shape index (κ3) is 2.80. The van der Waals surface area contributed by atoms with Crippen LogP contribution < -0.4 is 5.32 Å². The number of pyridine rings is 1. The van der Waals surface area contributed by atoms with Gasteiger partial charge < -0.3 is 4.74 Å². The molecule has 1 saturated carbocycles. The Morgan fingerprint density at radius 1 is 1.45 bits per heavy atom. The number of carbonyl (C=O) groups excluding carboxylic acids is 1. The van der Waals surface area contributed by atoms with Crippen LogP contribution in [0.15, 0.2) is 36.5 Å². The smallest absolute Gasteiger partial charge is 0.327 e. The van der Waals surface area contributed by atoms with Gasteiger partial charge in [-0.3, -0.25) is 10.3 Å². The molecule has 0 saturated heterocycles. The summed E-state index contributed by atoms with van der Waals surface area (Å²) in [6.45, 7) is 2.23. The van der Waals surface area contributed by atoms with Crippen LogP contribution in [0, 0.1) is 0 Å². The first kappa shape index (κ1) is 13.1. The first-order valence-corrected chi connectivity index (χ1v) is 7.05. The number of ether oxygens (including phenoxy) is 1. The second-order valence-corrected chi connectivity index (χ2v) is 5.08. The van der Waals surface area contributed by atoms with Crippen LogP contribution in [-0.2, 0) is 9.53 Å². The van der Waals surface area contributed by atoms with E-state index in [-0.39, 0.29) is 12.0 Å². The van der Waals surface area contributed by atoms with Crippen molar-refractivity contribution in [3.63, 3.8) is 0 Å². The Labute approximate surface area is 118 Å². The lowest BCUT2D eigenvalue weighted by Crippen LogP contribution is -2.31. The number of benzene rings is 1. The minimum atomic E-state index is -0.382. The summed E-state index contributed by atoms with van der Waals surface area (Å²) < 4.78 is 5.18. The zero-order chi connectivity index (χ0) is 13.9. The molecule has 0 spiro atoms. The number of hydrogen-bond donors (Lipinski definition) is 1. The number of hydrogen-bond acceptors (Lipinski definition) is 4. The van der Waals surface area contributed by atoms with Crippen molar-refractivity contribution >= 4 is 16.9 Å². The maximum atomic E-state index is 12.1. The SMILES string of the molecule is CCOC(=O)C(NC1CC1)c1ccc2ncccc2c1. The Morgan fingerprint density at radius 2 is 2.30 bits per heavy atom. The van der Waals surface area contributed by atoms with Crippen molar-refractivity contribution in [3.8, 4) is 0 Å². The van der Waals surface area contributed by atoms with Gasteiger partial charge in [0.25, 0.3) is 0 Å². The molecule has 1 aromatic heterocycles. The molecule has 1 aliphatic carbocycles. The van der Waals surface area contributed by atoms with E-state index in [1.807, 2.05) is 37.3 Å². The van der Waals surface area contributed by atoms with Crippen LogP contribution in [-0.4, -0.2) is 23.6 Å². The highest BCUT2D eigenvalue weighted by molar-refractivity contribution is 5.83. The highest BCUT2D eigenvalue weighted by Gasteiger charge is 2.30. The van der Waals surface area contributed by atoms with Crippen LogP contribution in [0.1, 0.15) is 31.4 Å². The van der Waals surface area contributed by atoms with Gasteiger partial charge >= 0.3 is 5.97 Å². The molecule has 0 amide bonds. The largest absolute Gasteiger partial charge is 0.465 e. The molecule has 1 heterocycles. The number of aromatic nitrogens is 1. The summed E-state index contributed by atoms with van der Waals surface area (Å²) in [5.74, 6) is -0.206. The van der Waals surface area contributed by atoms with Gasteiger partial charge in [0.1, 0.15) is 6.04 Å². The Kier molecular flexibility index (Phi) is 3.65. The van der Waals surface area contributed by atoms with E-state index in [0.29, 0.717) is 12.6 Å². The second-order valence-electron chi connectivity index (χ2n) is 5.08. The maximum Gasteiger partial charge on any atom is 0.327 e. The minimum absolute atomic E-state index is 0.206. The fourth-order valence-electron chi connectivity index (χ4n) is 2.29. The predicted molar refractivity (Wildman–Crippen MR) is 77.3 cm³/mol. The summed E-state index contributed by atoms with van der Waals surface area (Å²) in [5.41, 5.74) is 1.88. The lowest BCUT2D eigenvalue weighted by Gasteiger charge is -2.17. The van der Waals surface area contributed by atoms with Crippen molar-refractivity contribution in [2.24, 2.45) is 0 Å². The Morgan fingerprint density at radius 3 is 3.05 bits per heavy atom. The molecule has 1 fully saturated rings. The Balaban J connectivity index is 1.92. The first-order valence-electron chi connectivity index (χ1n) is 7.05. The average molecular weight is 270 g/mol. The standard InChI is InChI=1S/C16H18N2O2/c1-2-20-16(19)15(18-13-6-7-13)12-5-8-14-11(10-12)4-3-9-17-14/h3-5,8-10,13,15,18H,2,6-7H2,1H3. The molecule has 1 N–H and O–H groups in total. The van der Waals surface area contributed by atoms with Crippen LogP contribution in [0.4, 0.5) is 0 Å². The lowest BCUT2D eigenvalue weighted by molar-refractivity contribution is -0.145. The molecule has 1 atom stereocenters. The number of nitrogens with one attached hydrogen (secondary N) is 1. The zero-order valence-electron chi connectivity index (χ0n) is 11.5. The third-order valence-electron chi connectivity index (χ3n) is 3.46. The molecule has 0 radical (unpaired) electrons. The van der Waals surface area contributed by atoms with E-state index in [0.717, 1.165) is 29.3 Å². The number of esters is 1. The van der Waals surface area contributed by atoms with Crippen LogP contribution in [0.25, 0.3) is 10.9 Å². The van der Waals surface area contributed by atoms with Crippen molar-refractivity contribution < 1.29 is 9.53 Å². The number of rotatable bonds is 5. The van der Waals surface area contributed by atoms with E-state index < -0.39 is 0 Å². The molecule has 0 aliphatic heterocycles. The fourth-order valence-corrected chi connectivity index (χ4v) is 2.29. The molecule has 1 aromatic carbocycles. The van der Waals surface area contributed by atoms with Crippen LogP contribution in [0.5, 0.6) is 0 Å². The summed E-state index contributed by atoms with van der Waals surface area (Å²) in [7, 11) is 0. The highest BCUT2D eigenvalue weighted by Crippen LogP contribution is 2.26. The highest BCUT2D eigenvalue weighted by atomic mass is 16.5. The van der Waals surface area contributed by atoms with Gasteiger partial charge in [-0.2, -0.15) is 0 Å². The van der Waals surface area contributed by atoms with Crippen molar-refractivity contribution in [3.05, 3.63) is 42.1 Å². The second kappa shape index (κ2) is 5.59. The molecule has 1 aliphatic rings. The fraction of sp³-hybridized carbons (Fsp3) is 0.375. The van der Waals surface area contributed by atoms with Crippen LogP contribution >= 0.6 is 0 Å². The van der Waals surface area contributed by atoms with E-state index in [4.69, 9.17) is 4.74 Å². The molecule has 0 bridgehead atoms. The Hall–Kier alpha value is -1.94. The number of fused-ring (bicyclic) bond motifs is 1. The van der Waals surface area contributed by atoms with Gasteiger partial charge in [0.05, 0.1) is 12.1 Å². The van der Waals surface area contributed by atoms with Gasteiger partial charge in [0.2, 0.25) is 0 Å². The van der Waals surface area contributed by atoms with Crippen LogP contribution in [0.3, 0.4) is 0 Å².